The van der Waals surface area contributed by atoms with Gasteiger partial charge in [-0.3, -0.25) is 4.90 Å². The van der Waals surface area contributed by atoms with Crippen LogP contribution in [-0.4, -0.2) is 53.2 Å². The van der Waals surface area contributed by atoms with Gasteiger partial charge in [-0.2, -0.15) is 5.10 Å². The Labute approximate surface area is 98.4 Å². The summed E-state index contributed by atoms with van der Waals surface area (Å²) in [6.07, 6.45) is 1.71. The van der Waals surface area contributed by atoms with E-state index in [0.717, 1.165) is 43.9 Å². The molecule has 2 heterocycles. The maximum absolute atomic E-state index is 4.12. The molecule has 0 saturated carbocycles. The average molecular weight is 271 g/mol. The van der Waals surface area contributed by atoms with Crippen molar-refractivity contribution >= 4 is 21.7 Å². The second-order valence-electron chi connectivity index (χ2n) is 3.60. The van der Waals surface area contributed by atoms with Gasteiger partial charge in [0, 0.05) is 44.3 Å². The zero-order valence-electron chi connectivity index (χ0n) is 8.64. The zero-order valence-corrected chi connectivity index (χ0v) is 10.2. The SMILES string of the molecule is BrCCN1CCN(c2cccnn2)CC1. The van der Waals surface area contributed by atoms with Crippen molar-refractivity contribution in [2.75, 3.05) is 43.0 Å². The maximum atomic E-state index is 4.12. The minimum absolute atomic E-state index is 0.996. The molecule has 0 aromatic carbocycles. The second kappa shape index (κ2) is 5.42. The number of piperazine rings is 1. The summed E-state index contributed by atoms with van der Waals surface area (Å²) in [6.45, 7) is 5.45. The van der Waals surface area contributed by atoms with Crippen LogP contribution in [-0.2, 0) is 0 Å². The van der Waals surface area contributed by atoms with Crippen molar-refractivity contribution in [3.05, 3.63) is 18.3 Å². The molecule has 1 saturated heterocycles. The summed E-state index contributed by atoms with van der Waals surface area (Å²) in [6, 6.07) is 3.96. The summed E-state index contributed by atoms with van der Waals surface area (Å²) < 4.78 is 0. The first-order valence-corrected chi connectivity index (χ1v) is 6.33. The lowest BCUT2D eigenvalue weighted by atomic mass is 10.3. The Morgan fingerprint density at radius 1 is 1.27 bits per heavy atom. The molecule has 82 valence electrons. The highest BCUT2D eigenvalue weighted by Gasteiger charge is 2.16. The van der Waals surface area contributed by atoms with Crippen molar-refractivity contribution in [2.24, 2.45) is 0 Å². The lowest BCUT2D eigenvalue weighted by Crippen LogP contribution is -2.47. The van der Waals surface area contributed by atoms with Gasteiger partial charge in [-0.05, 0) is 12.1 Å². The smallest absolute Gasteiger partial charge is 0.151 e. The van der Waals surface area contributed by atoms with E-state index >= 15 is 0 Å². The molecule has 1 fully saturated rings. The van der Waals surface area contributed by atoms with E-state index in [1.165, 1.54) is 0 Å². The standard InChI is InChI=1S/C10H15BrN4/c11-3-5-14-6-8-15(9-7-14)10-2-1-4-12-13-10/h1-2,4H,3,5-9H2. The van der Waals surface area contributed by atoms with Crippen LogP contribution in [0, 0.1) is 0 Å². The van der Waals surface area contributed by atoms with E-state index in [2.05, 4.69) is 35.9 Å². The summed E-state index contributed by atoms with van der Waals surface area (Å²) in [4.78, 5) is 4.75. The lowest BCUT2D eigenvalue weighted by Gasteiger charge is -2.34. The Hall–Kier alpha value is -0.680. The van der Waals surface area contributed by atoms with Gasteiger partial charge >= 0.3 is 0 Å². The first kappa shape index (κ1) is 10.8. The first-order valence-electron chi connectivity index (χ1n) is 5.21. The monoisotopic (exact) mass is 270 g/mol. The fourth-order valence-electron chi connectivity index (χ4n) is 1.78. The topological polar surface area (TPSA) is 32.3 Å². The summed E-state index contributed by atoms with van der Waals surface area (Å²) in [5, 5.41) is 9.08. The van der Waals surface area contributed by atoms with Crippen LogP contribution in [0.15, 0.2) is 18.3 Å². The Bertz CT molecular complexity index is 285. The molecule has 1 aliphatic rings. The van der Waals surface area contributed by atoms with Crippen LogP contribution in [0.3, 0.4) is 0 Å². The number of nitrogens with zero attached hydrogens (tertiary/aromatic N) is 4. The van der Waals surface area contributed by atoms with Gasteiger partial charge in [-0.25, -0.2) is 0 Å². The van der Waals surface area contributed by atoms with E-state index in [1.54, 1.807) is 6.20 Å². The molecular formula is C10H15BrN4. The van der Waals surface area contributed by atoms with Crippen molar-refractivity contribution in [3.63, 3.8) is 0 Å². The van der Waals surface area contributed by atoms with Gasteiger partial charge in [0.25, 0.3) is 0 Å². The molecule has 0 unspecified atom stereocenters. The zero-order chi connectivity index (χ0) is 10.5. The van der Waals surface area contributed by atoms with Gasteiger partial charge in [0.05, 0.1) is 0 Å². The number of halogens is 1. The Balaban J connectivity index is 1.88. The van der Waals surface area contributed by atoms with Crippen LogP contribution in [0.25, 0.3) is 0 Å². The molecule has 0 bridgehead atoms. The highest BCUT2D eigenvalue weighted by atomic mass is 79.9. The summed E-state index contributed by atoms with van der Waals surface area (Å²) in [7, 11) is 0. The number of alkyl halides is 1. The number of anilines is 1. The average Bonchev–Trinajstić information content (AvgIpc) is 2.32. The van der Waals surface area contributed by atoms with E-state index < -0.39 is 0 Å². The van der Waals surface area contributed by atoms with Gasteiger partial charge < -0.3 is 4.90 Å². The van der Waals surface area contributed by atoms with Crippen molar-refractivity contribution in [3.8, 4) is 0 Å². The molecule has 15 heavy (non-hydrogen) atoms. The van der Waals surface area contributed by atoms with Crippen LogP contribution in [0.5, 0.6) is 0 Å². The Morgan fingerprint density at radius 3 is 2.67 bits per heavy atom. The summed E-state index contributed by atoms with van der Waals surface area (Å²) in [5.41, 5.74) is 0. The molecule has 0 aliphatic carbocycles. The van der Waals surface area contributed by atoms with Crippen LogP contribution in [0.1, 0.15) is 0 Å². The van der Waals surface area contributed by atoms with Crippen LogP contribution in [0.2, 0.25) is 0 Å². The molecule has 1 aromatic heterocycles. The third kappa shape index (κ3) is 2.89. The highest BCUT2D eigenvalue weighted by Crippen LogP contribution is 2.11. The number of hydrogen-bond donors (Lipinski definition) is 0. The normalized spacial score (nSPS) is 18.1. The molecule has 0 spiro atoms. The molecule has 0 amide bonds. The van der Waals surface area contributed by atoms with Crippen molar-refractivity contribution in [1.29, 1.82) is 0 Å². The molecular weight excluding hydrogens is 256 g/mol. The minimum Gasteiger partial charge on any atom is -0.353 e. The van der Waals surface area contributed by atoms with Gasteiger partial charge in [-0.1, -0.05) is 15.9 Å². The quantitative estimate of drug-likeness (QED) is 0.768. The van der Waals surface area contributed by atoms with Crippen LogP contribution in [0.4, 0.5) is 5.82 Å². The van der Waals surface area contributed by atoms with E-state index in [1.807, 2.05) is 12.1 Å². The predicted molar refractivity (Wildman–Crippen MR) is 64.5 cm³/mol. The van der Waals surface area contributed by atoms with Gasteiger partial charge in [-0.15, -0.1) is 5.10 Å². The van der Waals surface area contributed by atoms with Crippen molar-refractivity contribution in [2.45, 2.75) is 0 Å². The summed E-state index contributed by atoms with van der Waals surface area (Å²) >= 11 is 3.47. The molecule has 2 rings (SSSR count). The molecule has 0 atom stereocenters. The van der Waals surface area contributed by atoms with Crippen LogP contribution < -0.4 is 4.90 Å². The Morgan fingerprint density at radius 2 is 2.07 bits per heavy atom. The fourth-order valence-corrected chi connectivity index (χ4v) is 2.28. The van der Waals surface area contributed by atoms with Crippen LogP contribution >= 0.6 is 15.9 Å². The molecule has 5 heteroatoms. The molecule has 0 radical (unpaired) electrons. The number of aromatic nitrogens is 2. The number of hydrogen-bond acceptors (Lipinski definition) is 4. The maximum Gasteiger partial charge on any atom is 0.151 e. The molecule has 1 aliphatic heterocycles. The molecule has 1 aromatic rings. The predicted octanol–water partition coefficient (Wildman–Crippen LogP) is 0.993. The highest BCUT2D eigenvalue weighted by molar-refractivity contribution is 9.09. The van der Waals surface area contributed by atoms with Crippen molar-refractivity contribution in [1.82, 2.24) is 15.1 Å². The van der Waals surface area contributed by atoms with E-state index in [0.29, 0.717) is 0 Å². The van der Waals surface area contributed by atoms with Gasteiger partial charge in [0.2, 0.25) is 0 Å². The number of rotatable bonds is 3. The van der Waals surface area contributed by atoms with Crippen molar-refractivity contribution < 1.29 is 0 Å². The lowest BCUT2D eigenvalue weighted by molar-refractivity contribution is 0.273. The Kier molecular flexibility index (Phi) is 3.91. The van der Waals surface area contributed by atoms with E-state index in [4.69, 9.17) is 0 Å². The van der Waals surface area contributed by atoms with Gasteiger partial charge in [0.15, 0.2) is 5.82 Å². The van der Waals surface area contributed by atoms with E-state index in [9.17, 15) is 0 Å². The second-order valence-corrected chi connectivity index (χ2v) is 4.39. The molecule has 4 nitrogen and oxygen atoms in total. The third-order valence-electron chi connectivity index (χ3n) is 2.66. The molecule has 0 N–H and O–H groups in total. The first-order chi connectivity index (χ1) is 7.40. The third-order valence-corrected chi connectivity index (χ3v) is 3.01. The largest absolute Gasteiger partial charge is 0.353 e. The van der Waals surface area contributed by atoms with E-state index in [-0.39, 0.29) is 0 Å². The minimum atomic E-state index is 0.996. The summed E-state index contributed by atoms with van der Waals surface area (Å²) in [5.74, 6) is 0.996. The van der Waals surface area contributed by atoms with Gasteiger partial charge in [0.1, 0.15) is 0 Å². The fraction of sp³-hybridized carbons (Fsp3) is 0.600.